The van der Waals surface area contributed by atoms with E-state index in [9.17, 15) is 24.0 Å². The molecule has 0 spiro atoms. The molecule has 190 valence electrons. The van der Waals surface area contributed by atoms with E-state index >= 15 is 0 Å². The number of imide groups is 2. The summed E-state index contributed by atoms with van der Waals surface area (Å²) in [6, 6.07) is 3.85. The molecule has 2 heterocycles. The molecule has 1 atom stereocenters. The van der Waals surface area contributed by atoms with Gasteiger partial charge in [-0.05, 0) is 31.4 Å². The summed E-state index contributed by atoms with van der Waals surface area (Å²) in [6.07, 6.45) is 7.20. The van der Waals surface area contributed by atoms with Gasteiger partial charge in [0.05, 0.1) is 30.8 Å². The number of piperidine rings is 1. The Morgan fingerprint density at radius 3 is 2.31 bits per heavy atom. The van der Waals surface area contributed by atoms with Crippen molar-refractivity contribution in [1.29, 1.82) is 0 Å². The summed E-state index contributed by atoms with van der Waals surface area (Å²) in [6.45, 7) is 1.26. The molecule has 0 radical (unpaired) electrons. The van der Waals surface area contributed by atoms with Crippen LogP contribution in [0.5, 0.6) is 5.75 Å². The lowest BCUT2D eigenvalue weighted by molar-refractivity contribution is -0.138. The third-order valence-corrected chi connectivity index (χ3v) is 6.08. The summed E-state index contributed by atoms with van der Waals surface area (Å²) in [5, 5.41) is 10.7. The Hall–Kier alpha value is -3.27. The highest BCUT2D eigenvalue weighted by Gasteiger charge is 2.45. The number of carbonyl (C=O) groups excluding carboxylic acids is 4. The zero-order chi connectivity index (χ0) is 25.2. The molecular formula is C25H32N2O8. The SMILES string of the molecule is O=C(O)CCOCCCCCCCCCOc1cccc2c1C(=O)N(C1CCC(=O)NC1=O)C2=O. The van der Waals surface area contributed by atoms with Crippen molar-refractivity contribution < 1.29 is 38.6 Å². The Balaban J connectivity index is 1.36. The Morgan fingerprint density at radius 1 is 0.943 bits per heavy atom. The van der Waals surface area contributed by atoms with Crippen LogP contribution in [0.25, 0.3) is 0 Å². The van der Waals surface area contributed by atoms with Gasteiger partial charge in [0.25, 0.3) is 11.8 Å². The van der Waals surface area contributed by atoms with E-state index in [2.05, 4.69) is 5.32 Å². The highest BCUT2D eigenvalue weighted by molar-refractivity contribution is 6.24. The number of hydrogen-bond donors (Lipinski definition) is 2. The summed E-state index contributed by atoms with van der Waals surface area (Å²) < 4.78 is 11.1. The predicted octanol–water partition coefficient (Wildman–Crippen LogP) is 2.69. The zero-order valence-corrected chi connectivity index (χ0v) is 19.8. The predicted molar refractivity (Wildman–Crippen MR) is 124 cm³/mol. The van der Waals surface area contributed by atoms with E-state index in [1.54, 1.807) is 18.2 Å². The minimum absolute atomic E-state index is 0.0381. The van der Waals surface area contributed by atoms with Gasteiger partial charge in [0.1, 0.15) is 11.8 Å². The fourth-order valence-electron chi connectivity index (χ4n) is 4.24. The first kappa shape index (κ1) is 26.3. The second kappa shape index (κ2) is 13.0. The zero-order valence-electron chi connectivity index (χ0n) is 19.8. The molecule has 4 amide bonds. The smallest absolute Gasteiger partial charge is 0.305 e. The number of carboxylic acids is 1. The quantitative estimate of drug-likeness (QED) is 0.284. The number of aliphatic carboxylic acids is 1. The number of carboxylic acid groups (broad SMARTS) is 1. The minimum atomic E-state index is -0.996. The highest BCUT2D eigenvalue weighted by Crippen LogP contribution is 2.33. The molecule has 1 aromatic carbocycles. The fraction of sp³-hybridized carbons (Fsp3) is 0.560. The number of carbonyl (C=O) groups is 5. The fourth-order valence-corrected chi connectivity index (χ4v) is 4.24. The van der Waals surface area contributed by atoms with E-state index in [0.717, 1.165) is 49.8 Å². The molecule has 1 aromatic rings. The maximum atomic E-state index is 13.0. The van der Waals surface area contributed by atoms with Gasteiger partial charge >= 0.3 is 5.97 Å². The first-order chi connectivity index (χ1) is 16.9. The van der Waals surface area contributed by atoms with Gasteiger partial charge < -0.3 is 14.6 Å². The second-order valence-corrected chi connectivity index (χ2v) is 8.71. The summed E-state index contributed by atoms with van der Waals surface area (Å²) in [7, 11) is 0. The van der Waals surface area contributed by atoms with Crippen LogP contribution in [-0.2, 0) is 19.1 Å². The van der Waals surface area contributed by atoms with E-state index in [-0.39, 0.29) is 37.0 Å². The van der Waals surface area contributed by atoms with Gasteiger partial charge in [0.2, 0.25) is 11.8 Å². The number of fused-ring (bicyclic) bond motifs is 1. The van der Waals surface area contributed by atoms with Crippen molar-refractivity contribution in [1.82, 2.24) is 10.2 Å². The third-order valence-electron chi connectivity index (χ3n) is 6.08. The molecule has 1 fully saturated rings. The molecule has 0 aliphatic carbocycles. The molecular weight excluding hydrogens is 456 g/mol. The topological polar surface area (TPSA) is 139 Å². The van der Waals surface area contributed by atoms with Crippen molar-refractivity contribution >= 4 is 29.6 Å². The van der Waals surface area contributed by atoms with Gasteiger partial charge in [-0.25, -0.2) is 0 Å². The van der Waals surface area contributed by atoms with Gasteiger partial charge in [0, 0.05) is 13.0 Å². The molecule has 35 heavy (non-hydrogen) atoms. The number of nitrogens with zero attached hydrogens (tertiary/aromatic N) is 1. The second-order valence-electron chi connectivity index (χ2n) is 8.71. The van der Waals surface area contributed by atoms with Gasteiger partial charge in [-0.1, -0.05) is 38.2 Å². The Labute approximate surface area is 203 Å². The van der Waals surface area contributed by atoms with Crippen molar-refractivity contribution in [2.75, 3.05) is 19.8 Å². The monoisotopic (exact) mass is 488 g/mol. The molecule has 10 nitrogen and oxygen atoms in total. The Bertz CT molecular complexity index is 961. The Morgan fingerprint density at radius 2 is 1.63 bits per heavy atom. The molecule has 2 N–H and O–H groups in total. The number of nitrogens with one attached hydrogen (secondary N) is 1. The van der Waals surface area contributed by atoms with Crippen LogP contribution in [0.2, 0.25) is 0 Å². The minimum Gasteiger partial charge on any atom is -0.493 e. The average molecular weight is 489 g/mol. The highest BCUT2D eigenvalue weighted by atomic mass is 16.5. The molecule has 0 bridgehead atoms. The van der Waals surface area contributed by atoms with Gasteiger partial charge in [-0.2, -0.15) is 0 Å². The molecule has 1 saturated heterocycles. The number of amides is 4. The van der Waals surface area contributed by atoms with Crippen molar-refractivity contribution in [3.8, 4) is 5.75 Å². The van der Waals surface area contributed by atoms with Crippen LogP contribution in [0, 0.1) is 0 Å². The van der Waals surface area contributed by atoms with E-state index in [0.29, 0.717) is 19.0 Å². The van der Waals surface area contributed by atoms with Crippen LogP contribution in [-0.4, -0.2) is 65.5 Å². The summed E-state index contributed by atoms with van der Waals surface area (Å²) >= 11 is 0. The van der Waals surface area contributed by atoms with Crippen LogP contribution in [0.4, 0.5) is 0 Å². The molecule has 0 aromatic heterocycles. The summed E-state index contributed by atoms with van der Waals surface area (Å²) in [4.78, 5) is 60.8. The Kier molecular flexibility index (Phi) is 9.77. The van der Waals surface area contributed by atoms with E-state index in [1.165, 1.54) is 0 Å². The lowest BCUT2D eigenvalue weighted by Gasteiger charge is -2.27. The molecule has 10 heteroatoms. The number of hydrogen-bond acceptors (Lipinski definition) is 7. The number of ether oxygens (including phenoxy) is 2. The summed E-state index contributed by atoms with van der Waals surface area (Å²) in [5.41, 5.74) is 0.386. The van der Waals surface area contributed by atoms with Crippen LogP contribution >= 0.6 is 0 Å². The molecule has 3 rings (SSSR count). The van der Waals surface area contributed by atoms with E-state index < -0.39 is 35.6 Å². The van der Waals surface area contributed by atoms with Gasteiger partial charge in [0.15, 0.2) is 0 Å². The summed E-state index contributed by atoms with van der Waals surface area (Å²) in [5.74, 6) is -2.67. The standard InChI is InChI=1S/C25H32N2O8/c28-20-12-11-18(23(31)26-20)27-24(32)17-9-8-10-19(22(17)25(27)33)35-15-7-5-3-1-2-4-6-14-34-16-13-21(29)30/h8-10,18H,1-7,11-16H2,(H,29,30)(H,26,28,31). The van der Waals surface area contributed by atoms with E-state index in [1.807, 2.05) is 0 Å². The van der Waals surface area contributed by atoms with Gasteiger partial charge in [-0.15, -0.1) is 0 Å². The maximum absolute atomic E-state index is 13.0. The number of benzene rings is 1. The van der Waals surface area contributed by atoms with Crippen molar-refractivity contribution in [3.63, 3.8) is 0 Å². The van der Waals surface area contributed by atoms with Crippen molar-refractivity contribution in [3.05, 3.63) is 29.3 Å². The third kappa shape index (κ3) is 7.11. The number of unbranched alkanes of at least 4 members (excludes halogenated alkanes) is 6. The van der Waals surface area contributed by atoms with Crippen molar-refractivity contribution in [2.45, 2.75) is 70.3 Å². The van der Waals surface area contributed by atoms with Crippen LogP contribution in [0.15, 0.2) is 18.2 Å². The normalized spacial score (nSPS) is 17.5. The van der Waals surface area contributed by atoms with Gasteiger partial charge in [-0.3, -0.25) is 34.2 Å². The lowest BCUT2D eigenvalue weighted by Crippen LogP contribution is -2.54. The van der Waals surface area contributed by atoms with Crippen molar-refractivity contribution in [2.24, 2.45) is 0 Å². The molecule has 2 aliphatic heterocycles. The molecule has 0 saturated carbocycles. The largest absolute Gasteiger partial charge is 0.493 e. The lowest BCUT2D eigenvalue weighted by atomic mass is 10.0. The van der Waals surface area contributed by atoms with Crippen LogP contribution < -0.4 is 10.1 Å². The van der Waals surface area contributed by atoms with E-state index in [4.69, 9.17) is 14.6 Å². The molecule has 2 aliphatic rings. The average Bonchev–Trinajstić information content (AvgIpc) is 3.07. The maximum Gasteiger partial charge on any atom is 0.305 e. The first-order valence-corrected chi connectivity index (χ1v) is 12.2. The first-order valence-electron chi connectivity index (χ1n) is 12.2. The number of rotatable bonds is 15. The van der Waals surface area contributed by atoms with Crippen LogP contribution in [0.3, 0.4) is 0 Å². The molecule has 1 unspecified atom stereocenters. The van der Waals surface area contributed by atoms with Crippen LogP contribution in [0.1, 0.15) is 84.9 Å².